The van der Waals surface area contributed by atoms with E-state index >= 15 is 8.78 Å². The van der Waals surface area contributed by atoms with Gasteiger partial charge in [0, 0.05) is 0 Å². The lowest BCUT2D eigenvalue weighted by Gasteiger charge is -2.31. The molecule has 2 aliphatic carbocycles. The lowest BCUT2D eigenvalue weighted by atomic mass is 9.74. The summed E-state index contributed by atoms with van der Waals surface area (Å²) in [5, 5.41) is 0. The molecular formula is C29H36F4O. The van der Waals surface area contributed by atoms with Crippen molar-refractivity contribution in [3.05, 3.63) is 64.2 Å². The van der Waals surface area contributed by atoms with Gasteiger partial charge in [0.25, 0.3) is 0 Å². The van der Waals surface area contributed by atoms with Gasteiger partial charge in [-0.1, -0.05) is 38.0 Å². The predicted octanol–water partition coefficient (Wildman–Crippen LogP) is 9.16. The highest BCUT2D eigenvalue weighted by Crippen LogP contribution is 2.44. The summed E-state index contributed by atoms with van der Waals surface area (Å²) in [5.74, 6) is -2.69. The lowest BCUT2D eigenvalue weighted by molar-refractivity contribution is 0.302. The van der Waals surface area contributed by atoms with E-state index in [0.29, 0.717) is 42.4 Å². The van der Waals surface area contributed by atoms with Gasteiger partial charge in [0.2, 0.25) is 5.82 Å². The molecule has 0 aromatic heterocycles. The molecule has 0 radical (unpaired) electrons. The molecule has 2 aliphatic rings. The van der Waals surface area contributed by atoms with Gasteiger partial charge in [-0.15, -0.1) is 0 Å². The van der Waals surface area contributed by atoms with E-state index in [2.05, 4.69) is 6.92 Å². The van der Waals surface area contributed by atoms with E-state index in [1.54, 1.807) is 25.1 Å². The molecule has 0 heterocycles. The molecule has 1 nitrogen and oxygen atoms in total. The molecule has 2 fully saturated rings. The van der Waals surface area contributed by atoms with Gasteiger partial charge in [0.1, 0.15) is 0 Å². The van der Waals surface area contributed by atoms with Crippen LogP contribution in [0.2, 0.25) is 0 Å². The van der Waals surface area contributed by atoms with Crippen LogP contribution in [0.25, 0.3) is 0 Å². The number of hydrogen-bond donors (Lipinski definition) is 0. The van der Waals surface area contributed by atoms with E-state index < -0.39 is 23.3 Å². The molecule has 0 amide bonds. The van der Waals surface area contributed by atoms with Crippen LogP contribution in [0.4, 0.5) is 17.6 Å². The van der Waals surface area contributed by atoms with Crippen molar-refractivity contribution in [3.63, 3.8) is 0 Å². The molecule has 0 aliphatic heterocycles. The van der Waals surface area contributed by atoms with E-state index in [-0.39, 0.29) is 30.1 Å². The molecule has 2 aromatic carbocycles. The lowest BCUT2D eigenvalue weighted by Crippen LogP contribution is -2.17. The quantitative estimate of drug-likeness (QED) is 0.362. The van der Waals surface area contributed by atoms with Crippen molar-refractivity contribution in [2.45, 2.75) is 95.8 Å². The first-order valence-corrected chi connectivity index (χ1v) is 13.0. The first-order chi connectivity index (χ1) is 16.4. The molecule has 0 unspecified atom stereocenters. The molecule has 34 heavy (non-hydrogen) atoms. The average molecular weight is 477 g/mol. The van der Waals surface area contributed by atoms with Crippen molar-refractivity contribution in [2.24, 2.45) is 5.92 Å². The summed E-state index contributed by atoms with van der Waals surface area (Å²) in [4.78, 5) is 0. The normalized spacial score (nSPS) is 25.4. The Morgan fingerprint density at radius 2 is 1.03 bits per heavy atom. The van der Waals surface area contributed by atoms with Gasteiger partial charge in [-0.05, 0) is 105 Å². The fourth-order valence-corrected chi connectivity index (χ4v) is 6.22. The van der Waals surface area contributed by atoms with Crippen LogP contribution in [0.3, 0.4) is 0 Å². The van der Waals surface area contributed by atoms with E-state index in [1.807, 2.05) is 0 Å². The standard InChI is InChI=1S/C29H36F4O/c1-3-5-18-6-8-19(9-7-18)22-14-15-23(27(31)26(22)30)20-10-12-21(13-11-20)24-16-17-25(34-4-2)29(33)28(24)32/h14-21H,3-13H2,1-2H3. The van der Waals surface area contributed by atoms with Crippen LogP contribution < -0.4 is 4.74 Å². The summed E-state index contributed by atoms with van der Waals surface area (Å²) in [7, 11) is 0. The Labute approximate surface area is 200 Å². The van der Waals surface area contributed by atoms with Gasteiger partial charge >= 0.3 is 0 Å². The van der Waals surface area contributed by atoms with Crippen molar-refractivity contribution in [3.8, 4) is 5.75 Å². The molecule has 4 rings (SSSR count). The van der Waals surface area contributed by atoms with Gasteiger partial charge < -0.3 is 4.74 Å². The minimum Gasteiger partial charge on any atom is -0.491 e. The maximum absolute atomic E-state index is 15.2. The molecule has 0 bridgehead atoms. The summed E-state index contributed by atoms with van der Waals surface area (Å²) in [5.41, 5.74) is 1.30. The van der Waals surface area contributed by atoms with Gasteiger partial charge in [-0.3, -0.25) is 0 Å². The van der Waals surface area contributed by atoms with Crippen LogP contribution in [0, 0.1) is 29.2 Å². The topological polar surface area (TPSA) is 9.23 Å². The van der Waals surface area contributed by atoms with Gasteiger partial charge in [-0.25, -0.2) is 13.2 Å². The first kappa shape index (κ1) is 25.1. The van der Waals surface area contributed by atoms with Crippen LogP contribution in [0.15, 0.2) is 24.3 Å². The van der Waals surface area contributed by atoms with E-state index in [1.165, 1.54) is 18.9 Å². The summed E-state index contributed by atoms with van der Waals surface area (Å²) < 4.78 is 64.3. The SMILES string of the molecule is CCCC1CCC(c2ccc(C3CCC(c4ccc(OCC)c(F)c4F)CC3)c(F)c2F)CC1. The average Bonchev–Trinajstić information content (AvgIpc) is 2.85. The zero-order valence-corrected chi connectivity index (χ0v) is 20.3. The first-order valence-electron chi connectivity index (χ1n) is 13.0. The molecule has 5 heteroatoms. The fraction of sp³-hybridized carbons (Fsp3) is 0.586. The molecule has 186 valence electrons. The summed E-state index contributed by atoms with van der Waals surface area (Å²) >= 11 is 0. The second kappa shape index (κ2) is 11.1. The number of benzene rings is 2. The van der Waals surface area contributed by atoms with Crippen LogP contribution in [-0.2, 0) is 0 Å². The molecule has 2 saturated carbocycles. The zero-order chi connectivity index (χ0) is 24.2. The number of halogens is 4. The minimum atomic E-state index is -0.950. The van der Waals surface area contributed by atoms with Crippen LogP contribution >= 0.6 is 0 Å². The van der Waals surface area contributed by atoms with E-state index in [9.17, 15) is 8.78 Å². The Morgan fingerprint density at radius 3 is 1.47 bits per heavy atom. The molecule has 0 spiro atoms. The predicted molar refractivity (Wildman–Crippen MR) is 127 cm³/mol. The summed E-state index contributed by atoms with van der Waals surface area (Å²) in [6.07, 6.45) is 8.90. The van der Waals surface area contributed by atoms with Crippen molar-refractivity contribution < 1.29 is 22.3 Å². The molecule has 2 aromatic rings. The maximum atomic E-state index is 15.2. The second-order valence-electron chi connectivity index (χ2n) is 10.1. The molecule has 0 atom stereocenters. The zero-order valence-electron chi connectivity index (χ0n) is 20.3. The van der Waals surface area contributed by atoms with E-state index in [0.717, 1.165) is 31.6 Å². The largest absolute Gasteiger partial charge is 0.491 e. The summed E-state index contributed by atoms with van der Waals surface area (Å²) in [6, 6.07) is 6.64. The second-order valence-corrected chi connectivity index (χ2v) is 10.1. The van der Waals surface area contributed by atoms with E-state index in [4.69, 9.17) is 4.74 Å². The Kier molecular flexibility index (Phi) is 8.21. The van der Waals surface area contributed by atoms with Crippen LogP contribution in [-0.4, -0.2) is 6.61 Å². The summed E-state index contributed by atoms with van der Waals surface area (Å²) in [6.45, 7) is 4.18. The highest BCUT2D eigenvalue weighted by atomic mass is 19.2. The van der Waals surface area contributed by atoms with Crippen molar-refractivity contribution >= 4 is 0 Å². The minimum absolute atomic E-state index is 0.0751. The number of rotatable bonds is 7. The van der Waals surface area contributed by atoms with Gasteiger partial charge in [-0.2, -0.15) is 4.39 Å². The highest BCUT2D eigenvalue weighted by Gasteiger charge is 2.31. The Bertz CT molecular complexity index is 973. The highest BCUT2D eigenvalue weighted by molar-refractivity contribution is 5.35. The smallest absolute Gasteiger partial charge is 0.200 e. The monoisotopic (exact) mass is 476 g/mol. The maximum Gasteiger partial charge on any atom is 0.200 e. The third kappa shape index (κ3) is 5.13. The van der Waals surface area contributed by atoms with Crippen molar-refractivity contribution in [1.82, 2.24) is 0 Å². The Morgan fingerprint density at radius 1 is 0.618 bits per heavy atom. The molecule has 0 saturated heterocycles. The van der Waals surface area contributed by atoms with Crippen LogP contribution in [0.5, 0.6) is 5.75 Å². The van der Waals surface area contributed by atoms with Crippen molar-refractivity contribution in [2.75, 3.05) is 6.61 Å². The Balaban J connectivity index is 1.42. The number of hydrogen-bond acceptors (Lipinski definition) is 1. The van der Waals surface area contributed by atoms with Gasteiger partial charge in [0.15, 0.2) is 23.2 Å². The molecular weight excluding hydrogens is 440 g/mol. The number of ether oxygens (including phenoxy) is 1. The Hall–Kier alpha value is -2.04. The third-order valence-electron chi connectivity index (χ3n) is 8.11. The van der Waals surface area contributed by atoms with Gasteiger partial charge in [0.05, 0.1) is 6.61 Å². The van der Waals surface area contributed by atoms with Crippen LogP contribution in [0.1, 0.15) is 112 Å². The van der Waals surface area contributed by atoms with Crippen molar-refractivity contribution in [1.29, 1.82) is 0 Å². The third-order valence-corrected chi connectivity index (χ3v) is 8.11. The molecule has 0 N–H and O–H groups in total. The fourth-order valence-electron chi connectivity index (χ4n) is 6.22.